The summed E-state index contributed by atoms with van der Waals surface area (Å²) in [5, 5.41) is 3.08. The summed E-state index contributed by atoms with van der Waals surface area (Å²) in [5.74, 6) is -0.128. The van der Waals surface area contributed by atoms with Crippen LogP contribution in [0, 0.1) is 5.82 Å². The van der Waals surface area contributed by atoms with Gasteiger partial charge in [0.2, 0.25) is 0 Å². The third-order valence-corrected chi connectivity index (χ3v) is 2.92. The fourth-order valence-electron chi connectivity index (χ4n) is 2.03. The molecule has 0 heterocycles. The Balaban J connectivity index is 2.78. The third-order valence-electron chi connectivity index (χ3n) is 2.92. The first-order valence-electron chi connectivity index (χ1n) is 6.33. The lowest BCUT2D eigenvalue weighted by molar-refractivity contribution is 0.612. The van der Waals surface area contributed by atoms with Gasteiger partial charge in [-0.05, 0) is 25.1 Å². The molecule has 1 aromatic carbocycles. The largest absolute Gasteiger partial charge is 0.372 e. The maximum Gasteiger partial charge on any atom is 0.146 e. The molecule has 1 rings (SSSR count). The SMILES string of the molecule is CCCCCN(C)c1c(F)cccc1CNC. The van der Waals surface area contributed by atoms with Crippen LogP contribution in [0.1, 0.15) is 31.7 Å². The molecule has 0 amide bonds. The Morgan fingerprint density at radius 1 is 1.29 bits per heavy atom. The van der Waals surface area contributed by atoms with Crippen molar-refractivity contribution in [2.24, 2.45) is 0 Å². The fourth-order valence-corrected chi connectivity index (χ4v) is 2.03. The lowest BCUT2D eigenvalue weighted by Crippen LogP contribution is -2.22. The minimum absolute atomic E-state index is 0.128. The Labute approximate surface area is 104 Å². The standard InChI is InChI=1S/C14H23FN2/c1-4-5-6-10-17(3)14-12(11-16-2)8-7-9-13(14)15/h7-9,16H,4-6,10-11H2,1-3H3. The predicted octanol–water partition coefficient (Wildman–Crippen LogP) is 3.17. The van der Waals surface area contributed by atoms with Crippen LogP contribution < -0.4 is 10.2 Å². The molecule has 0 bridgehead atoms. The number of hydrogen-bond donors (Lipinski definition) is 1. The van der Waals surface area contributed by atoms with E-state index in [4.69, 9.17) is 0 Å². The zero-order valence-corrected chi connectivity index (χ0v) is 11.1. The van der Waals surface area contributed by atoms with Crippen molar-refractivity contribution >= 4 is 5.69 Å². The van der Waals surface area contributed by atoms with Crippen molar-refractivity contribution in [1.29, 1.82) is 0 Å². The van der Waals surface area contributed by atoms with Crippen LogP contribution in [-0.4, -0.2) is 20.6 Å². The van der Waals surface area contributed by atoms with Gasteiger partial charge in [0.05, 0.1) is 5.69 Å². The van der Waals surface area contributed by atoms with Crippen molar-refractivity contribution in [3.8, 4) is 0 Å². The number of halogens is 1. The van der Waals surface area contributed by atoms with E-state index >= 15 is 0 Å². The van der Waals surface area contributed by atoms with Crippen molar-refractivity contribution in [3.05, 3.63) is 29.6 Å². The van der Waals surface area contributed by atoms with Crippen molar-refractivity contribution in [3.63, 3.8) is 0 Å². The van der Waals surface area contributed by atoms with Gasteiger partial charge >= 0.3 is 0 Å². The van der Waals surface area contributed by atoms with Crippen molar-refractivity contribution in [1.82, 2.24) is 5.32 Å². The first kappa shape index (κ1) is 14.0. The van der Waals surface area contributed by atoms with Gasteiger partial charge in [0.15, 0.2) is 0 Å². The molecule has 0 spiro atoms. The molecule has 0 aromatic heterocycles. The van der Waals surface area contributed by atoms with Gasteiger partial charge in [0.25, 0.3) is 0 Å². The number of nitrogens with one attached hydrogen (secondary N) is 1. The van der Waals surface area contributed by atoms with E-state index in [0.717, 1.165) is 24.2 Å². The van der Waals surface area contributed by atoms with Gasteiger partial charge in [-0.1, -0.05) is 31.9 Å². The quantitative estimate of drug-likeness (QED) is 0.734. The fraction of sp³-hybridized carbons (Fsp3) is 0.571. The van der Waals surface area contributed by atoms with Crippen molar-refractivity contribution in [2.75, 3.05) is 25.5 Å². The second-order valence-corrected chi connectivity index (χ2v) is 4.41. The molecule has 0 saturated carbocycles. The van der Waals surface area contributed by atoms with Crippen molar-refractivity contribution < 1.29 is 4.39 Å². The van der Waals surface area contributed by atoms with E-state index in [0.29, 0.717) is 6.54 Å². The summed E-state index contributed by atoms with van der Waals surface area (Å²) in [5.41, 5.74) is 1.75. The normalized spacial score (nSPS) is 10.6. The first-order valence-corrected chi connectivity index (χ1v) is 6.33. The monoisotopic (exact) mass is 238 g/mol. The number of rotatable bonds is 7. The van der Waals surface area contributed by atoms with Crippen LogP contribution in [0.4, 0.5) is 10.1 Å². The highest BCUT2D eigenvalue weighted by Gasteiger charge is 2.11. The molecule has 0 aliphatic carbocycles. The van der Waals surface area contributed by atoms with Gasteiger partial charge in [0.1, 0.15) is 5.82 Å². The molecule has 0 saturated heterocycles. The van der Waals surface area contributed by atoms with Crippen LogP contribution in [0.5, 0.6) is 0 Å². The van der Waals surface area contributed by atoms with Gasteiger partial charge in [-0.15, -0.1) is 0 Å². The maximum atomic E-state index is 13.9. The highest BCUT2D eigenvalue weighted by molar-refractivity contribution is 5.54. The number of benzene rings is 1. The van der Waals surface area contributed by atoms with E-state index in [-0.39, 0.29) is 5.82 Å². The van der Waals surface area contributed by atoms with E-state index in [1.807, 2.05) is 25.1 Å². The number of hydrogen-bond acceptors (Lipinski definition) is 2. The molecule has 0 aliphatic rings. The second-order valence-electron chi connectivity index (χ2n) is 4.41. The highest BCUT2D eigenvalue weighted by Crippen LogP contribution is 2.23. The molecule has 96 valence electrons. The molecule has 1 N–H and O–H groups in total. The summed E-state index contributed by atoms with van der Waals surface area (Å²) in [6.45, 7) is 3.78. The minimum Gasteiger partial charge on any atom is -0.372 e. The number of nitrogens with zero attached hydrogens (tertiary/aromatic N) is 1. The van der Waals surface area contributed by atoms with Gasteiger partial charge in [-0.25, -0.2) is 4.39 Å². The lowest BCUT2D eigenvalue weighted by atomic mass is 10.1. The molecule has 0 radical (unpaired) electrons. The van der Waals surface area contributed by atoms with Gasteiger partial charge in [-0.2, -0.15) is 0 Å². The van der Waals surface area contributed by atoms with Crippen LogP contribution in [0.15, 0.2) is 18.2 Å². The summed E-state index contributed by atoms with van der Waals surface area (Å²) in [7, 11) is 3.85. The van der Waals surface area contributed by atoms with Gasteiger partial charge < -0.3 is 10.2 Å². The average Bonchev–Trinajstić information content (AvgIpc) is 2.30. The molecule has 1 aromatic rings. The Hall–Kier alpha value is -1.09. The van der Waals surface area contributed by atoms with Gasteiger partial charge in [-0.3, -0.25) is 0 Å². The minimum atomic E-state index is -0.128. The Kier molecular flexibility index (Phi) is 5.98. The van der Waals surface area contributed by atoms with Gasteiger partial charge in [0, 0.05) is 20.1 Å². The topological polar surface area (TPSA) is 15.3 Å². The third kappa shape index (κ3) is 4.00. The number of para-hydroxylation sites is 1. The molecule has 17 heavy (non-hydrogen) atoms. The Morgan fingerprint density at radius 3 is 2.71 bits per heavy atom. The maximum absolute atomic E-state index is 13.9. The summed E-state index contributed by atoms with van der Waals surface area (Å²) < 4.78 is 13.9. The van der Waals surface area contributed by atoms with E-state index in [1.165, 1.54) is 18.9 Å². The first-order chi connectivity index (χ1) is 8.20. The molecule has 2 nitrogen and oxygen atoms in total. The summed E-state index contributed by atoms with van der Waals surface area (Å²) in [6.07, 6.45) is 3.50. The molecule has 0 atom stereocenters. The van der Waals surface area contributed by atoms with E-state index in [2.05, 4.69) is 12.2 Å². The molecule has 0 aliphatic heterocycles. The molecular formula is C14H23FN2. The summed E-state index contributed by atoms with van der Waals surface area (Å²) in [6, 6.07) is 5.28. The van der Waals surface area contributed by atoms with E-state index in [9.17, 15) is 4.39 Å². The highest BCUT2D eigenvalue weighted by atomic mass is 19.1. The Bertz CT molecular complexity index is 339. The van der Waals surface area contributed by atoms with E-state index < -0.39 is 0 Å². The van der Waals surface area contributed by atoms with Crippen LogP contribution in [0.25, 0.3) is 0 Å². The number of anilines is 1. The Morgan fingerprint density at radius 2 is 2.06 bits per heavy atom. The smallest absolute Gasteiger partial charge is 0.146 e. The average molecular weight is 238 g/mol. The zero-order valence-electron chi connectivity index (χ0n) is 11.1. The second kappa shape index (κ2) is 7.28. The predicted molar refractivity (Wildman–Crippen MR) is 72.0 cm³/mol. The molecule has 0 fully saturated rings. The van der Waals surface area contributed by atoms with Crippen LogP contribution in [-0.2, 0) is 6.54 Å². The van der Waals surface area contributed by atoms with Crippen LogP contribution >= 0.6 is 0 Å². The lowest BCUT2D eigenvalue weighted by Gasteiger charge is -2.23. The molecular weight excluding hydrogens is 215 g/mol. The van der Waals surface area contributed by atoms with Crippen LogP contribution in [0.3, 0.4) is 0 Å². The molecule has 3 heteroatoms. The number of unbranched alkanes of at least 4 members (excludes halogenated alkanes) is 2. The zero-order chi connectivity index (χ0) is 12.7. The van der Waals surface area contributed by atoms with Crippen LogP contribution in [0.2, 0.25) is 0 Å². The van der Waals surface area contributed by atoms with Crippen molar-refractivity contribution in [2.45, 2.75) is 32.7 Å². The summed E-state index contributed by atoms with van der Waals surface area (Å²) >= 11 is 0. The summed E-state index contributed by atoms with van der Waals surface area (Å²) in [4.78, 5) is 2.03. The molecule has 0 unspecified atom stereocenters. The van der Waals surface area contributed by atoms with E-state index in [1.54, 1.807) is 6.07 Å².